The summed E-state index contributed by atoms with van der Waals surface area (Å²) >= 11 is 6.17. The summed E-state index contributed by atoms with van der Waals surface area (Å²) in [5.74, 6) is 0.561. The first kappa shape index (κ1) is 15.7. The summed E-state index contributed by atoms with van der Waals surface area (Å²) in [6.45, 7) is 5.46. The highest BCUT2D eigenvalue weighted by Crippen LogP contribution is 2.31. The van der Waals surface area contributed by atoms with Gasteiger partial charge in [0.2, 0.25) is 0 Å². The number of nitrogens with zero attached hydrogens (tertiary/aromatic N) is 1. The lowest BCUT2D eigenvalue weighted by Gasteiger charge is -2.36. The second-order valence-electron chi connectivity index (χ2n) is 5.71. The third kappa shape index (κ3) is 3.94. The number of hydrogen-bond acceptors (Lipinski definition) is 2. The maximum Gasteiger partial charge on any atom is 0.124 e. The Balaban J connectivity index is 1.92. The van der Waals surface area contributed by atoms with Gasteiger partial charge in [0, 0.05) is 11.1 Å². The number of rotatable bonds is 5. The van der Waals surface area contributed by atoms with Crippen molar-refractivity contribution >= 4 is 11.6 Å². The second kappa shape index (κ2) is 7.39. The van der Waals surface area contributed by atoms with Crippen molar-refractivity contribution in [1.29, 1.82) is 0 Å². The van der Waals surface area contributed by atoms with Crippen molar-refractivity contribution in [2.24, 2.45) is 5.92 Å². The molecule has 1 atom stereocenters. The van der Waals surface area contributed by atoms with Crippen LogP contribution in [0.2, 0.25) is 5.02 Å². The number of piperidine rings is 1. The van der Waals surface area contributed by atoms with Crippen molar-refractivity contribution in [3.05, 3.63) is 34.6 Å². The molecule has 0 bridgehead atoms. The lowest BCUT2D eigenvalue weighted by molar-refractivity contribution is 0.137. The average Bonchev–Trinajstić information content (AvgIpc) is 2.45. The molecule has 1 aliphatic rings. The monoisotopic (exact) mass is 298 g/mol. The normalized spacial score (nSPS) is 19.2. The van der Waals surface area contributed by atoms with E-state index < -0.39 is 0 Å². The van der Waals surface area contributed by atoms with Gasteiger partial charge in [-0.05, 0) is 76.5 Å². The maximum atomic E-state index is 13.1. The van der Waals surface area contributed by atoms with Crippen molar-refractivity contribution in [2.45, 2.75) is 32.2 Å². The van der Waals surface area contributed by atoms with Gasteiger partial charge in [-0.2, -0.15) is 0 Å². The highest BCUT2D eigenvalue weighted by atomic mass is 35.5. The molecule has 1 saturated heterocycles. The van der Waals surface area contributed by atoms with Crippen LogP contribution < -0.4 is 5.32 Å². The Morgan fingerprint density at radius 1 is 1.40 bits per heavy atom. The third-order valence-electron chi connectivity index (χ3n) is 4.41. The Morgan fingerprint density at radius 3 is 2.70 bits per heavy atom. The standard InChI is InChI=1S/C16H24ClFN2/c1-12(15-4-3-14(18)11-16(15)17)20-9-6-13(7-10-20)5-8-19-2/h3-4,11-13,19H,5-10H2,1-2H3. The van der Waals surface area contributed by atoms with Crippen LogP contribution in [0.5, 0.6) is 0 Å². The molecule has 112 valence electrons. The molecule has 1 unspecified atom stereocenters. The topological polar surface area (TPSA) is 15.3 Å². The van der Waals surface area contributed by atoms with Gasteiger partial charge in [-0.15, -0.1) is 0 Å². The van der Waals surface area contributed by atoms with E-state index in [9.17, 15) is 4.39 Å². The zero-order chi connectivity index (χ0) is 14.5. The van der Waals surface area contributed by atoms with Crippen molar-refractivity contribution < 1.29 is 4.39 Å². The van der Waals surface area contributed by atoms with E-state index >= 15 is 0 Å². The molecule has 0 spiro atoms. The summed E-state index contributed by atoms with van der Waals surface area (Å²) in [5.41, 5.74) is 1.03. The summed E-state index contributed by atoms with van der Waals surface area (Å²) in [6, 6.07) is 4.98. The van der Waals surface area contributed by atoms with Crippen LogP contribution >= 0.6 is 11.6 Å². The minimum atomic E-state index is -0.267. The van der Waals surface area contributed by atoms with Crippen LogP contribution in [0.15, 0.2) is 18.2 Å². The first-order valence-electron chi connectivity index (χ1n) is 7.45. The lowest BCUT2D eigenvalue weighted by atomic mass is 9.92. The molecule has 1 aromatic rings. The van der Waals surface area contributed by atoms with Crippen molar-refractivity contribution in [1.82, 2.24) is 10.2 Å². The van der Waals surface area contributed by atoms with Crippen molar-refractivity contribution in [3.8, 4) is 0 Å². The van der Waals surface area contributed by atoms with Crippen LogP contribution in [0.4, 0.5) is 4.39 Å². The number of halogens is 2. The van der Waals surface area contributed by atoms with Crippen LogP contribution in [-0.2, 0) is 0 Å². The minimum absolute atomic E-state index is 0.258. The van der Waals surface area contributed by atoms with Crippen LogP contribution in [0.25, 0.3) is 0 Å². The molecule has 1 N–H and O–H groups in total. The van der Waals surface area contributed by atoms with Gasteiger partial charge >= 0.3 is 0 Å². The van der Waals surface area contributed by atoms with E-state index in [0.29, 0.717) is 5.02 Å². The van der Waals surface area contributed by atoms with Gasteiger partial charge < -0.3 is 5.32 Å². The van der Waals surface area contributed by atoms with Gasteiger partial charge in [0.1, 0.15) is 5.82 Å². The molecule has 2 rings (SSSR count). The number of hydrogen-bond donors (Lipinski definition) is 1. The van der Waals surface area contributed by atoms with Gasteiger partial charge in [-0.3, -0.25) is 4.90 Å². The smallest absolute Gasteiger partial charge is 0.124 e. The predicted molar refractivity (Wildman–Crippen MR) is 82.7 cm³/mol. The molecular weight excluding hydrogens is 275 g/mol. The Labute approximate surface area is 126 Å². The molecule has 0 aromatic heterocycles. The molecule has 1 heterocycles. The molecule has 0 radical (unpaired) electrons. The van der Waals surface area contributed by atoms with E-state index in [1.54, 1.807) is 0 Å². The highest BCUT2D eigenvalue weighted by molar-refractivity contribution is 6.31. The van der Waals surface area contributed by atoms with Gasteiger partial charge in [-0.25, -0.2) is 4.39 Å². The number of likely N-dealkylation sites (tertiary alicyclic amines) is 1. The molecule has 20 heavy (non-hydrogen) atoms. The molecule has 1 aromatic carbocycles. The first-order valence-corrected chi connectivity index (χ1v) is 7.83. The summed E-state index contributed by atoms with van der Waals surface area (Å²) < 4.78 is 13.1. The Kier molecular flexibility index (Phi) is 5.82. The number of nitrogens with one attached hydrogen (secondary N) is 1. The predicted octanol–water partition coefficient (Wildman–Crippen LogP) is 3.86. The summed E-state index contributed by atoms with van der Waals surface area (Å²) in [6.07, 6.45) is 3.74. The fraction of sp³-hybridized carbons (Fsp3) is 0.625. The number of benzene rings is 1. The maximum absolute atomic E-state index is 13.1. The summed E-state index contributed by atoms with van der Waals surface area (Å²) in [7, 11) is 2.01. The van der Waals surface area contributed by atoms with Gasteiger partial charge in [0.15, 0.2) is 0 Å². The second-order valence-corrected chi connectivity index (χ2v) is 6.12. The first-order chi connectivity index (χ1) is 9.61. The van der Waals surface area contributed by atoms with Crippen molar-refractivity contribution in [3.63, 3.8) is 0 Å². The quantitative estimate of drug-likeness (QED) is 0.888. The van der Waals surface area contributed by atoms with Gasteiger partial charge in [0.25, 0.3) is 0 Å². The van der Waals surface area contributed by atoms with Crippen molar-refractivity contribution in [2.75, 3.05) is 26.7 Å². The minimum Gasteiger partial charge on any atom is -0.320 e. The molecule has 0 amide bonds. The largest absolute Gasteiger partial charge is 0.320 e. The molecule has 1 fully saturated rings. The molecule has 4 heteroatoms. The summed E-state index contributed by atoms with van der Waals surface area (Å²) in [5, 5.41) is 3.76. The molecule has 0 saturated carbocycles. The lowest BCUT2D eigenvalue weighted by Crippen LogP contribution is -2.36. The van der Waals surface area contributed by atoms with Gasteiger partial charge in [0.05, 0.1) is 0 Å². The Morgan fingerprint density at radius 2 is 2.10 bits per heavy atom. The fourth-order valence-corrected chi connectivity index (χ4v) is 3.34. The average molecular weight is 299 g/mol. The van der Waals surface area contributed by atoms with Gasteiger partial charge in [-0.1, -0.05) is 17.7 Å². The van der Waals surface area contributed by atoms with E-state index in [-0.39, 0.29) is 11.9 Å². The fourth-order valence-electron chi connectivity index (χ4n) is 3.01. The zero-order valence-electron chi connectivity index (χ0n) is 12.3. The SMILES string of the molecule is CNCCC1CCN(C(C)c2ccc(F)cc2Cl)CC1. The third-order valence-corrected chi connectivity index (χ3v) is 4.74. The van der Waals surface area contributed by atoms with Crippen LogP contribution in [-0.4, -0.2) is 31.6 Å². The molecule has 1 aliphatic heterocycles. The zero-order valence-corrected chi connectivity index (χ0v) is 13.1. The molecule has 0 aliphatic carbocycles. The van der Waals surface area contributed by atoms with E-state index in [1.165, 1.54) is 31.4 Å². The Hall–Kier alpha value is -0.640. The van der Waals surface area contributed by atoms with E-state index in [1.807, 2.05) is 13.1 Å². The van der Waals surface area contributed by atoms with Crippen LogP contribution in [0, 0.1) is 11.7 Å². The van der Waals surface area contributed by atoms with E-state index in [4.69, 9.17) is 11.6 Å². The van der Waals surface area contributed by atoms with E-state index in [2.05, 4.69) is 17.1 Å². The molecular formula is C16H24ClFN2. The van der Waals surface area contributed by atoms with E-state index in [0.717, 1.165) is 31.1 Å². The highest BCUT2D eigenvalue weighted by Gasteiger charge is 2.24. The Bertz CT molecular complexity index is 430. The molecule has 2 nitrogen and oxygen atoms in total. The van der Waals surface area contributed by atoms with Crippen LogP contribution in [0.3, 0.4) is 0 Å². The van der Waals surface area contributed by atoms with Crippen LogP contribution in [0.1, 0.15) is 37.8 Å². The summed E-state index contributed by atoms with van der Waals surface area (Å²) in [4.78, 5) is 2.45.